The van der Waals surface area contributed by atoms with Crippen molar-refractivity contribution in [2.45, 2.75) is 39.7 Å². The quantitative estimate of drug-likeness (QED) is 0.878. The highest BCUT2D eigenvalue weighted by Crippen LogP contribution is 2.31. The zero-order chi connectivity index (χ0) is 13.0. The molecular weight excluding hydrogens is 240 g/mol. The molecule has 1 aliphatic heterocycles. The normalized spacial score (nSPS) is 20.2. The minimum Gasteiger partial charge on any atom is -0.317 e. The van der Waals surface area contributed by atoms with Crippen LogP contribution in [-0.4, -0.2) is 31.1 Å². The average molecular weight is 266 g/mol. The van der Waals surface area contributed by atoms with Gasteiger partial charge in [0.2, 0.25) is 0 Å². The largest absolute Gasteiger partial charge is 0.317 e. The van der Waals surface area contributed by atoms with Gasteiger partial charge in [-0.15, -0.1) is 11.3 Å². The molecule has 0 amide bonds. The molecule has 0 aliphatic carbocycles. The van der Waals surface area contributed by atoms with Gasteiger partial charge in [-0.2, -0.15) is 0 Å². The summed E-state index contributed by atoms with van der Waals surface area (Å²) in [5, 5.41) is 5.70. The molecular formula is C15H26N2S. The summed E-state index contributed by atoms with van der Waals surface area (Å²) in [6, 6.07) is 2.85. The van der Waals surface area contributed by atoms with Gasteiger partial charge in [0.05, 0.1) is 0 Å². The standard InChI is InChI=1S/C15H26N2S/c1-4-16-11-14-5-8-17(9-6-14)13(3)15-12(2)7-10-18-15/h7,10,13-14,16H,4-6,8-9,11H2,1-3H3. The number of rotatable bonds is 5. The van der Waals surface area contributed by atoms with Crippen LogP contribution in [0.1, 0.15) is 43.2 Å². The van der Waals surface area contributed by atoms with Crippen LogP contribution in [0.15, 0.2) is 11.4 Å². The summed E-state index contributed by atoms with van der Waals surface area (Å²) < 4.78 is 0. The second-order valence-electron chi connectivity index (χ2n) is 5.43. The van der Waals surface area contributed by atoms with Crippen molar-refractivity contribution in [3.63, 3.8) is 0 Å². The lowest BCUT2D eigenvalue weighted by Crippen LogP contribution is -2.38. The highest BCUT2D eigenvalue weighted by molar-refractivity contribution is 7.10. The van der Waals surface area contributed by atoms with Gasteiger partial charge in [0.25, 0.3) is 0 Å². The van der Waals surface area contributed by atoms with Gasteiger partial charge in [0, 0.05) is 10.9 Å². The molecule has 1 N–H and O–H groups in total. The Morgan fingerprint density at radius 1 is 1.44 bits per heavy atom. The van der Waals surface area contributed by atoms with Crippen LogP contribution in [0.25, 0.3) is 0 Å². The van der Waals surface area contributed by atoms with E-state index in [1.807, 2.05) is 11.3 Å². The molecule has 1 aliphatic rings. The first-order valence-electron chi connectivity index (χ1n) is 7.21. The molecule has 1 aromatic heterocycles. The summed E-state index contributed by atoms with van der Waals surface area (Å²) in [5.41, 5.74) is 1.46. The van der Waals surface area contributed by atoms with Gasteiger partial charge in [0.15, 0.2) is 0 Å². The van der Waals surface area contributed by atoms with Crippen molar-refractivity contribution in [3.8, 4) is 0 Å². The monoisotopic (exact) mass is 266 g/mol. The maximum absolute atomic E-state index is 3.48. The minimum atomic E-state index is 0.602. The first-order chi connectivity index (χ1) is 8.72. The summed E-state index contributed by atoms with van der Waals surface area (Å²) in [5.74, 6) is 0.887. The fraction of sp³-hybridized carbons (Fsp3) is 0.733. The predicted octanol–water partition coefficient (Wildman–Crippen LogP) is 3.44. The van der Waals surface area contributed by atoms with Crippen molar-refractivity contribution in [2.24, 2.45) is 5.92 Å². The number of hydrogen-bond donors (Lipinski definition) is 1. The molecule has 102 valence electrons. The van der Waals surface area contributed by atoms with Gasteiger partial charge in [-0.25, -0.2) is 0 Å². The number of nitrogens with one attached hydrogen (secondary N) is 1. The molecule has 1 atom stereocenters. The fourth-order valence-corrected chi connectivity index (χ4v) is 3.89. The van der Waals surface area contributed by atoms with E-state index >= 15 is 0 Å². The van der Waals surface area contributed by atoms with Crippen molar-refractivity contribution >= 4 is 11.3 Å². The van der Waals surface area contributed by atoms with Gasteiger partial charge in [-0.3, -0.25) is 4.90 Å². The lowest BCUT2D eigenvalue weighted by atomic mass is 9.95. The van der Waals surface area contributed by atoms with Gasteiger partial charge >= 0.3 is 0 Å². The van der Waals surface area contributed by atoms with E-state index in [1.54, 1.807) is 4.88 Å². The number of hydrogen-bond acceptors (Lipinski definition) is 3. The predicted molar refractivity (Wildman–Crippen MR) is 80.3 cm³/mol. The molecule has 0 saturated carbocycles. The topological polar surface area (TPSA) is 15.3 Å². The van der Waals surface area contributed by atoms with Gasteiger partial charge in [-0.1, -0.05) is 6.92 Å². The van der Waals surface area contributed by atoms with Gasteiger partial charge in [0.1, 0.15) is 0 Å². The van der Waals surface area contributed by atoms with Crippen molar-refractivity contribution in [3.05, 3.63) is 21.9 Å². The van der Waals surface area contributed by atoms with E-state index in [0.29, 0.717) is 6.04 Å². The molecule has 1 aromatic rings. The van der Waals surface area contributed by atoms with Crippen molar-refractivity contribution in [1.29, 1.82) is 0 Å². The van der Waals surface area contributed by atoms with Crippen LogP contribution in [0.3, 0.4) is 0 Å². The van der Waals surface area contributed by atoms with E-state index in [1.165, 1.54) is 38.0 Å². The summed E-state index contributed by atoms with van der Waals surface area (Å²) in [6.45, 7) is 11.6. The van der Waals surface area contributed by atoms with Crippen molar-refractivity contribution in [1.82, 2.24) is 10.2 Å². The fourth-order valence-electron chi connectivity index (χ4n) is 2.87. The molecule has 18 heavy (non-hydrogen) atoms. The molecule has 3 heteroatoms. The van der Waals surface area contributed by atoms with E-state index in [4.69, 9.17) is 0 Å². The Bertz CT molecular complexity index is 353. The van der Waals surface area contributed by atoms with Gasteiger partial charge in [-0.05, 0) is 75.8 Å². The smallest absolute Gasteiger partial charge is 0.0415 e. The van der Waals surface area contributed by atoms with Crippen LogP contribution >= 0.6 is 11.3 Å². The Balaban J connectivity index is 1.84. The third-order valence-corrected chi connectivity index (χ3v) is 5.35. The van der Waals surface area contributed by atoms with E-state index in [0.717, 1.165) is 12.5 Å². The molecule has 0 aromatic carbocycles. The van der Waals surface area contributed by atoms with Crippen molar-refractivity contribution in [2.75, 3.05) is 26.2 Å². The zero-order valence-electron chi connectivity index (χ0n) is 11.9. The van der Waals surface area contributed by atoms with E-state index in [-0.39, 0.29) is 0 Å². The average Bonchev–Trinajstić information content (AvgIpc) is 2.82. The molecule has 1 unspecified atom stereocenters. The number of nitrogens with zero attached hydrogens (tertiary/aromatic N) is 1. The van der Waals surface area contributed by atoms with E-state index < -0.39 is 0 Å². The SMILES string of the molecule is CCNCC1CCN(C(C)c2sccc2C)CC1. The Kier molecular flexibility index (Phi) is 5.22. The third-order valence-electron chi connectivity index (χ3n) is 4.16. The summed E-state index contributed by atoms with van der Waals surface area (Å²) in [6.07, 6.45) is 2.70. The summed E-state index contributed by atoms with van der Waals surface area (Å²) >= 11 is 1.91. The number of aryl methyl sites for hydroxylation is 1. The molecule has 2 heterocycles. The maximum atomic E-state index is 3.48. The minimum absolute atomic E-state index is 0.602. The number of likely N-dealkylation sites (tertiary alicyclic amines) is 1. The highest BCUT2D eigenvalue weighted by Gasteiger charge is 2.24. The van der Waals surface area contributed by atoms with Crippen LogP contribution in [0, 0.1) is 12.8 Å². The van der Waals surface area contributed by atoms with E-state index in [9.17, 15) is 0 Å². The zero-order valence-corrected chi connectivity index (χ0v) is 12.7. The van der Waals surface area contributed by atoms with Crippen LogP contribution in [0.2, 0.25) is 0 Å². The molecule has 1 fully saturated rings. The molecule has 0 bridgehead atoms. The molecule has 1 saturated heterocycles. The first-order valence-corrected chi connectivity index (χ1v) is 8.09. The molecule has 2 rings (SSSR count). The Morgan fingerprint density at radius 2 is 2.17 bits per heavy atom. The van der Waals surface area contributed by atoms with Crippen LogP contribution in [0.4, 0.5) is 0 Å². The maximum Gasteiger partial charge on any atom is 0.0415 e. The Morgan fingerprint density at radius 3 is 2.72 bits per heavy atom. The number of thiophene rings is 1. The van der Waals surface area contributed by atoms with Crippen LogP contribution < -0.4 is 5.32 Å². The molecule has 0 radical (unpaired) electrons. The lowest BCUT2D eigenvalue weighted by Gasteiger charge is -2.36. The first kappa shape index (κ1) is 14.0. The van der Waals surface area contributed by atoms with Crippen LogP contribution in [0.5, 0.6) is 0 Å². The lowest BCUT2D eigenvalue weighted by molar-refractivity contribution is 0.142. The van der Waals surface area contributed by atoms with E-state index in [2.05, 4.69) is 42.4 Å². The molecule has 0 spiro atoms. The summed E-state index contributed by atoms with van der Waals surface area (Å²) in [4.78, 5) is 4.21. The Hall–Kier alpha value is -0.380. The third kappa shape index (κ3) is 3.34. The van der Waals surface area contributed by atoms with Crippen molar-refractivity contribution < 1.29 is 0 Å². The Labute approximate surface area is 115 Å². The molecule has 2 nitrogen and oxygen atoms in total. The number of piperidine rings is 1. The second-order valence-corrected chi connectivity index (χ2v) is 6.38. The second kappa shape index (κ2) is 6.69. The van der Waals surface area contributed by atoms with Crippen LogP contribution in [-0.2, 0) is 0 Å². The van der Waals surface area contributed by atoms with Gasteiger partial charge < -0.3 is 5.32 Å². The summed E-state index contributed by atoms with van der Waals surface area (Å²) in [7, 11) is 0. The highest BCUT2D eigenvalue weighted by atomic mass is 32.1.